The van der Waals surface area contributed by atoms with E-state index in [2.05, 4.69) is 5.32 Å². The molecule has 0 spiro atoms. The summed E-state index contributed by atoms with van der Waals surface area (Å²) in [6, 6.07) is 11.8. The van der Waals surface area contributed by atoms with Crippen LogP contribution < -0.4 is 11.1 Å². The molecule has 2 aliphatic rings. The van der Waals surface area contributed by atoms with E-state index in [-0.39, 0.29) is 5.91 Å². The predicted molar refractivity (Wildman–Crippen MR) is 95.9 cm³/mol. The number of carbonyl (C=O) groups is 1. The van der Waals surface area contributed by atoms with Gasteiger partial charge in [-0.2, -0.15) is 0 Å². The van der Waals surface area contributed by atoms with Gasteiger partial charge in [0.1, 0.15) is 17.2 Å². The SMILES string of the molecule is CC1(C)O/C(=C2/C(=O)Nc3cc(F)ccc32)C=C1c1cccc(N)c1. The van der Waals surface area contributed by atoms with E-state index in [0.29, 0.717) is 28.3 Å². The Balaban J connectivity index is 1.88. The van der Waals surface area contributed by atoms with E-state index in [4.69, 9.17) is 10.5 Å². The van der Waals surface area contributed by atoms with E-state index in [0.717, 1.165) is 11.1 Å². The molecule has 0 unspecified atom stereocenters. The highest BCUT2D eigenvalue weighted by Crippen LogP contribution is 2.44. The van der Waals surface area contributed by atoms with Gasteiger partial charge in [0.15, 0.2) is 0 Å². The lowest BCUT2D eigenvalue weighted by molar-refractivity contribution is -0.111. The van der Waals surface area contributed by atoms with Crippen LogP contribution in [0.25, 0.3) is 11.1 Å². The first kappa shape index (κ1) is 15.4. The Bertz CT molecular complexity index is 973. The van der Waals surface area contributed by atoms with Gasteiger partial charge in [0.2, 0.25) is 0 Å². The van der Waals surface area contributed by atoms with Crippen molar-refractivity contribution in [1.82, 2.24) is 0 Å². The fourth-order valence-electron chi connectivity index (χ4n) is 3.31. The number of anilines is 2. The Morgan fingerprint density at radius 1 is 1.16 bits per heavy atom. The molecule has 2 aromatic rings. The first-order chi connectivity index (χ1) is 11.8. The lowest BCUT2D eigenvalue weighted by atomic mass is 9.92. The molecular formula is C20H17FN2O2. The van der Waals surface area contributed by atoms with Gasteiger partial charge in [0, 0.05) is 16.8 Å². The van der Waals surface area contributed by atoms with Crippen LogP contribution in [0.5, 0.6) is 0 Å². The third-order valence-corrected chi connectivity index (χ3v) is 4.46. The monoisotopic (exact) mass is 336 g/mol. The number of amides is 1. The van der Waals surface area contributed by atoms with Crippen molar-refractivity contribution >= 4 is 28.4 Å². The Morgan fingerprint density at radius 3 is 2.72 bits per heavy atom. The van der Waals surface area contributed by atoms with Gasteiger partial charge in [-0.1, -0.05) is 12.1 Å². The average molecular weight is 336 g/mol. The maximum absolute atomic E-state index is 13.4. The number of fused-ring (bicyclic) bond motifs is 1. The molecule has 0 saturated heterocycles. The minimum Gasteiger partial charge on any atom is -0.482 e. The fourth-order valence-corrected chi connectivity index (χ4v) is 3.31. The van der Waals surface area contributed by atoms with E-state index in [1.54, 1.807) is 6.07 Å². The Morgan fingerprint density at radius 2 is 1.96 bits per heavy atom. The van der Waals surface area contributed by atoms with Crippen LogP contribution in [0, 0.1) is 5.82 Å². The molecule has 0 bridgehead atoms. The molecule has 1 amide bonds. The van der Waals surface area contributed by atoms with Crippen LogP contribution in [-0.4, -0.2) is 11.5 Å². The standard InChI is InChI=1S/C20H17FN2O2/c1-20(2)15(11-4-3-5-13(22)8-11)10-17(25-20)18-14-7-6-12(21)9-16(14)23-19(18)24/h3-10H,22H2,1-2H3,(H,23,24)/b18-17+. The predicted octanol–water partition coefficient (Wildman–Crippen LogP) is 3.96. The third kappa shape index (κ3) is 2.48. The number of ether oxygens (including phenoxy) is 1. The Kier molecular flexibility index (Phi) is 3.22. The molecule has 0 radical (unpaired) electrons. The highest BCUT2D eigenvalue weighted by molar-refractivity contribution is 6.32. The molecular weight excluding hydrogens is 319 g/mol. The number of nitrogens with two attached hydrogens (primary N) is 1. The maximum atomic E-state index is 13.4. The van der Waals surface area contributed by atoms with Crippen molar-refractivity contribution in [2.75, 3.05) is 11.1 Å². The zero-order chi connectivity index (χ0) is 17.8. The number of nitrogens with one attached hydrogen (secondary N) is 1. The largest absolute Gasteiger partial charge is 0.482 e. The third-order valence-electron chi connectivity index (χ3n) is 4.46. The van der Waals surface area contributed by atoms with Gasteiger partial charge in [0.05, 0.1) is 11.3 Å². The van der Waals surface area contributed by atoms with Crippen LogP contribution in [0.2, 0.25) is 0 Å². The lowest BCUT2D eigenvalue weighted by Crippen LogP contribution is -2.21. The summed E-state index contributed by atoms with van der Waals surface area (Å²) in [7, 11) is 0. The second kappa shape index (κ2) is 5.21. The van der Waals surface area contributed by atoms with Gasteiger partial charge >= 0.3 is 0 Å². The van der Waals surface area contributed by atoms with Gasteiger partial charge in [-0.25, -0.2) is 4.39 Å². The summed E-state index contributed by atoms with van der Waals surface area (Å²) in [6.45, 7) is 3.88. The second-order valence-electron chi connectivity index (χ2n) is 6.68. The summed E-state index contributed by atoms with van der Waals surface area (Å²) in [4.78, 5) is 12.4. The smallest absolute Gasteiger partial charge is 0.260 e. The Labute approximate surface area is 144 Å². The van der Waals surface area contributed by atoms with Crippen molar-refractivity contribution in [3.63, 3.8) is 0 Å². The normalized spacial score (nSPS) is 20.8. The van der Waals surface area contributed by atoms with Gasteiger partial charge in [-0.15, -0.1) is 0 Å². The van der Waals surface area contributed by atoms with Crippen molar-refractivity contribution < 1.29 is 13.9 Å². The van der Waals surface area contributed by atoms with Crippen molar-refractivity contribution in [2.45, 2.75) is 19.4 Å². The molecule has 3 N–H and O–H groups in total. The number of rotatable bonds is 1. The first-order valence-corrected chi connectivity index (χ1v) is 7.98. The molecule has 0 aromatic heterocycles. The minimum atomic E-state index is -0.612. The number of hydrogen-bond donors (Lipinski definition) is 2. The molecule has 0 atom stereocenters. The van der Waals surface area contributed by atoms with Crippen LogP contribution in [0.15, 0.2) is 54.3 Å². The molecule has 4 rings (SSSR count). The highest BCUT2D eigenvalue weighted by Gasteiger charge is 2.38. The molecule has 25 heavy (non-hydrogen) atoms. The number of nitrogen functional groups attached to an aromatic ring is 1. The van der Waals surface area contributed by atoms with Gasteiger partial charge in [0.25, 0.3) is 5.91 Å². The zero-order valence-corrected chi connectivity index (χ0v) is 13.9. The second-order valence-corrected chi connectivity index (χ2v) is 6.68. The topological polar surface area (TPSA) is 64.3 Å². The maximum Gasteiger partial charge on any atom is 0.260 e. The van der Waals surface area contributed by atoms with E-state index >= 15 is 0 Å². The lowest BCUT2D eigenvalue weighted by Gasteiger charge is -2.23. The summed E-state index contributed by atoms with van der Waals surface area (Å²) in [5.74, 6) is -0.212. The average Bonchev–Trinajstić information content (AvgIpc) is 3.02. The van der Waals surface area contributed by atoms with Crippen LogP contribution in [0.3, 0.4) is 0 Å². The summed E-state index contributed by atoms with van der Waals surface area (Å²) in [6.07, 6.45) is 1.86. The number of hydrogen-bond acceptors (Lipinski definition) is 3. The molecule has 126 valence electrons. The van der Waals surface area contributed by atoms with E-state index in [1.165, 1.54) is 12.1 Å². The summed E-state index contributed by atoms with van der Waals surface area (Å²) >= 11 is 0. The molecule has 2 heterocycles. The molecule has 2 aliphatic heterocycles. The molecule has 0 aliphatic carbocycles. The fraction of sp³-hybridized carbons (Fsp3) is 0.150. The molecule has 2 aromatic carbocycles. The van der Waals surface area contributed by atoms with Crippen LogP contribution in [-0.2, 0) is 9.53 Å². The summed E-state index contributed by atoms with van der Waals surface area (Å²) in [5, 5.41) is 2.69. The number of halogens is 1. The summed E-state index contributed by atoms with van der Waals surface area (Å²) < 4.78 is 19.5. The molecule has 0 fully saturated rings. The van der Waals surface area contributed by atoms with Gasteiger partial charge < -0.3 is 15.8 Å². The van der Waals surface area contributed by atoms with Crippen molar-refractivity contribution in [1.29, 1.82) is 0 Å². The number of allylic oxidation sites excluding steroid dienone is 1. The highest BCUT2D eigenvalue weighted by atomic mass is 19.1. The van der Waals surface area contributed by atoms with Gasteiger partial charge in [-0.05, 0) is 55.8 Å². The van der Waals surface area contributed by atoms with Crippen LogP contribution in [0.4, 0.5) is 15.8 Å². The van der Waals surface area contributed by atoms with Crippen LogP contribution in [0.1, 0.15) is 25.0 Å². The van der Waals surface area contributed by atoms with Crippen molar-refractivity contribution in [3.8, 4) is 0 Å². The Hall–Kier alpha value is -3.08. The first-order valence-electron chi connectivity index (χ1n) is 7.98. The zero-order valence-electron chi connectivity index (χ0n) is 13.9. The van der Waals surface area contributed by atoms with Crippen LogP contribution >= 0.6 is 0 Å². The van der Waals surface area contributed by atoms with E-state index < -0.39 is 11.4 Å². The van der Waals surface area contributed by atoms with Crippen molar-refractivity contribution in [3.05, 3.63) is 71.2 Å². The number of carbonyl (C=O) groups excluding carboxylic acids is 1. The van der Waals surface area contributed by atoms with E-state index in [1.807, 2.05) is 44.2 Å². The van der Waals surface area contributed by atoms with Gasteiger partial charge in [-0.3, -0.25) is 4.79 Å². The van der Waals surface area contributed by atoms with Crippen molar-refractivity contribution in [2.24, 2.45) is 0 Å². The summed E-state index contributed by atoms with van der Waals surface area (Å²) in [5.41, 5.74) is 9.34. The number of benzene rings is 2. The minimum absolute atomic E-state index is 0.295. The molecule has 4 nitrogen and oxygen atoms in total. The van der Waals surface area contributed by atoms with E-state index in [9.17, 15) is 9.18 Å². The quantitative estimate of drug-likeness (QED) is 0.612. The molecule has 0 saturated carbocycles. The molecule has 5 heteroatoms.